The molecule has 0 spiro atoms. The van der Waals surface area contributed by atoms with Crippen LogP contribution in [-0.2, 0) is 16.6 Å². The average molecular weight is 315 g/mol. The van der Waals surface area contributed by atoms with Crippen LogP contribution >= 0.6 is 11.6 Å². The standard InChI is InChI=1S/C13H15ClN2O3S/c1-9-3-5-11(19-9)8-15-13-7-10(4-6-12(13)14)16-20(2,17)18/h3-7,15-16H,8H2,1-2H3. The molecule has 0 saturated heterocycles. The number of furan rings is 1. The molecule has 0 aliphatic heterocycles. The third-order valence-electron chi connectivity index (χ3n) is 2.52. The van der Waals surface area contributed by atoms with Crippen molar-refractivity contribution in [1.82, 2.24) is 0 Å². The molecule has 2 rings (SSSR count). The average Bonchev–Trinajstić information content (AvgIpc) is 2.74. The Morgan fingerprint density at radius 2 is 2.00 bits per heavy atom. The molecule has 0 unspecified atom stereocenters. The van der Waals surface area contributed by atoms with Gasteiger partial charge in [-0.05, 0) is 37.3 Å². The number of sulfonamides is 1. The predicted octanol–water partition coefficient (Wildman–Crippen LogP) is 3.23. The normalized spacial score (nSPS) is 11.3. The van der Waals surface area contributed by atoms with Crippen molar-refractivity contribution in [2.45, 2.75) is 13.5 Å². The second-order valence-corrected chi connectivity index (χ2v) is 6.59. The van der Waals surface area contributed by atoms with E-state index in [0.717, 1.165) is 17.8 Å². The Bertz CT molecular complexity index is 710. The lowest BCUT2D eigenvalue weighted by molar-refractivity contribution is 0.490. The fraction of sp³-hybridized carbons (Fsp3) is 0.231. The van der Waals surface area contributed by atoms with Gasteiger partial charge in [-0.3, -0.25) is 4.72 Å². The lowest BCUT2D eigenvalue weighted by atomic mass is 10.3. The molecule has 2 N–H and O–H groups in total. The first-order valence-electron chi connectivity index (χ1n) is 5.90. The summed E-state index contributed by atoms with van der Waals surface area (Å²) in [7, 11) is -3.31. The Kier molecular flexibility index (Phi) is 4.25. The second kappa shape index (κ2) is 5.76. The fourth-order valence-corrected chi connectivity index (χ4v) is 2.44. The topological polar surface area (TPSA) is 71.3 Å². The molecule has 108 valence electrons. The monoisotopic (exact) mass is 314 g/mol. The van der Waals surface area contributed by atoms with Crippen LogP contribution in [0.25, 0.3) is 0 Å². The van der Waals surface area contributed by atoms with Crippen LogP contribution in [0.2, 0.25) is 5.02 Å². The molecule has 7 heteroatoms. The van der Waals surface area contributed by atoms with E-state index in [9.17, 15) is 8.42 Å². The van der Waals surface area contributed by atoms with Gasteiger partial charge >= 0.3 is 0 Å². The summed E-state index contributed by atoms with van der Waals surface area (Å²) in [4.78, 5) is 0. The van der Waals surface area contributed by atoms with E-state index < -0.39 is 10.0 Å². The number of nitrogens with one attached hydrogen (secondary N) is 2. The highest BCUT2D eigenvalue weighted by atomic mass is 35.5. The van der Waals surface area contributed by atoms with Gasteiger partial charge in [0.15, 0.2) is 0 Å². The smallest absolute Gasteiger partial charge is 0.229 e. The fourth-order valence-electron chi connectivity index (χ4n) is 1.70. The van der Waals surface area contributed by atoms with E-state index in [4.69, 9.17) is 16.0 Å². The van der Waals surface area contributed by atoms with Crippen molar-refractivity contribution in [3.8, 4) is 0 Å². The summed E-state index contributed by atoms with van der Waals surface area (Å²) in [6, 6.07) is 8.62. The van der Waals surface area contributed by atoms with Gasteiger partial charge in [-0.1, -0.05) is 11.6 Å². The zero-order valence-electron chi connectivity index (χ0n) is 11.1. The minimum absolute atomic E-state index is 0.454. The van der Waals surface area contributed by atoms with E-state index in [1.807, 2.05) is 19.1 Å². The van der Waals surface area contributed by atoms with Crippen LogP contribution in [0.5, 0.6) is 0 Å². The van der Waals surface area contributed by atoms with Gasteiger partial charge in [-0.15, -0.1) is 0 Å². The van der Waals surface area contributed by atoms with Gasteiger partial charge in [0.25, 0.3) is 0 Å². The Morgan fingerprint density at radius 3 is 2.60 bits per heavy atom. The molecule has 0 radical (unpaired) electrons. The van der Waals surface area contributed by atoms with E-state index in [2.05, 4.69) is 10.0 Å². The molecule has 5 nitrogen and oxygen atoms in total. The lowest BCUT2D eigenvalue weighted by Crippen LogP contribution is -2.10. The molecule has 2 aromatic rings. The van der Waals surface area contributed by atoms with Crippen molar-refractivity contribution < 1.29 is 12.8 Å². The molecule has 1 heterocycles. The number of hydrogen-bond acceptors (Lipinski definition) is 4. The van der Waals surface area contributed by atoms with Gasteiger partial charge < -0.3 is 9.73 Å². The van der Waals surface area contributed by atoms with E-state index in [-0.39, 0.29) is 0 Å². The summed E-state index contributed by atoms with van der Waals surface area (Å²) in [5.74, 6) is 1.61. The summed E-state index contributed by atoms with van der Waals surface area (Å²) < 4.78 is 30.2. The first kappa shape index (κ1) is 14.7. The first-order chi connectivity index (χ1) is 9.33. The van der Waals surface area contributed by atoms with Crippen LogP contribution in [0, 0.1) is 6.92 Å². The van der Waals surface area contributed by atoms with Crippen molar-refractivity contribution in [3.63, 3.8) is 0 Å². The Labute approximate surface area is 123 Å². The molecule has 0 bridgehead atoms. The number of rotatable bonds is 5. The number of benzene rings is 1. The van der Waals surface area contributed by atoms with Gasteiger partial charge in [0.05, 0.1) is 29.2 Å². The van der Waals surface area contributed by atoms with Crippen molar-refractivity contribution >= 4 is 33.0 Å². The molecular weight excluding hydrogens is 300 g/mol. The highest BCUT2D eigenvalue weighted by Crippen LogP contribution is 2.26. The molecule has 1 aromatic carbocycles. The quantitative estimate of drug-likeness (QED) is 0.889. The highest BCUT2D eigenvalue weighted by Gasteiger charge is 2.06. The van der Waals surface area contributed by atoms with Crippen molar-refractivity contribution in [2.75, 3.05) is 16.3 Å². The third kappa shape index (κ3) is 4.18. The Morgan fingerprint density at radius 1 is 1.25 bits per heavy atom. The van der Waals surface area contributed by atoms with Crippen molar-refractivity contribution in [1.29, 1.82) is 0 Å². The van der Waals surface area contributed by atoms with Crippen molar-refractivity contribution in [3.05, 3.63) is 46.9 Å². The summed E-state index contributed by atoms with van der Waals surface area (Å²) >= 11 is 6.07. The predicted molar refractivity (Wildman–Crippen MR) is 80.7 cm³/mol. The molecule has 0 aliphatic carbocycles. The largest absolute Gasteiger partial charge is 0.465 e. The number of hydrogen-bond donors (Lipinski definition) is 2. The first-order valence-corrected chi connectivity index (χ1v) is 8.17. The summed E-state index contributed by atoms with van der Waals surface area (Å²) in [5.41, 5.74) is 1.09. The molecule has 0 amide bonds. The molecule has 0 atom stereocenters. The molecular formula is C13H15ClN2O3S. The molecule has 0 fully saturated rings. The maximum absolute atomic E-state index is 11.2. The number of anilines is 2. The minimum Gasteiger partial charge on any atom is -0.465 e. The van der Waals surface area contributed by atoms with E-state index >= 15 is 0 Å². The summed E-state index contributed by atoms with van der Waals surface area (Å²) in [5, 5.41) is 3.61. The van der Waals surface area contributed by atoms with Crippen LogP contribution in [0.1, 0.15) is 11.5 Å². The molecule has 0 aliphatic rings. The van der Waals surface area contributed by atoms with Gasteiger partial charge in [0.2, 0.25) is 10.0 Å². The van der Waals surface area contributed by atoms with Gasteiger partial charge in [0.1, 0.15) is 11.5 Å². The van der Waals surface area contributed by atoms with Crippen molar-refractivity contribution in [2.24, 2.45) is 0 Å². The van der Waals surface area contributed by atoms with Crippen LogP contribution < -0.4 is 10.0 Å². The maximum atomic E-state index is 11.2. The lowest BCUT2D eigenvalue weighted by Gasteiger charge is -2.10. The minimum atomic E-state index is -3.31. The van der Waals surface area contributed by atoms with Crippen LogP contribution in [-0.4, -0.2) is 14.7 Å². The van der Waals surface area contributed by atoms with E-state index in [0.29, 0.717) is 22.9 Å². The molecule has 0 saturated carbocycles. The highest BCUT2D eigenvalue weighted by molar-refractivity contribution is 7.92. The summed E-state index contributed by atoms with van der Waals surface area (Å²) in [6.07, 6.45) is 1.10. The third-order valence-corrected chi connectivity index (χ3v) is 3.45. The Balaban J connectivity index is 2.12. The Hall–Kier alpha value is -1.66. The van der Waals surface area contributed by atoms with Crippen LogP contribution in [0.15, 0.2) is 34.7 Å². The molecule has 20 heavy (non-hydrogen) atoms. The van der Waals surface area contributed by atoms with E-state index in [1.54, 1.807) is 18.2 Å². The maximum Gasteiger partial charge on any atom is 0.229 e. The second-order valence-electron chi connectivity index (χ2n) is 4.43. The van der Waals surface area contributed by atoms with Gasteiger partial charge in [0, 0.05) is 0 Å². The zero-order valence-corrected chi connectivity index (χ0v) is 12.7. The number of aryl methyl sites for hydroxylation is 1. The van der Waals surface area contributed by atoms with Gasteiger partial charge in [-0.2, -0.15) is 0 Å². The SMILES string of the molecule is Cc1ccc(CNc2cc(NS(C)(=O)=O)ccc2Cl)o1. The number of halogens is 1. The summed E-state index contributed by atoms with van der Waals surface area (Å²) in [6.45, 7) is 2.34. The van der Waals surface area contributed by atoms with E-state index in [1.165, 1.54) is 0 Å². The van der Waals surface area contributed by atoms with Crippen LogP contribution in [0.4, 0.5) is 11.4 Å². The van der Waals surface area contributed by atoms with Gasteiger partial charge in [-0.25, -0.2) is 8.42 Å². The van der Waals surface area contributed by atoms with Crippen LogP contribution in [0.3, 0.4) is 0 Å². The molecule has 1 aromatic heterocycles. The zero-order chi connectivity index (χ0) is 14.8.